The highest BCUT2D eigenvalue weighted by Gasteiger charge is 2.21. The van der Waals surface area contributed by atoms with Crippen molar-refractivity contribution in [3.05, 3.63) is 23.7 Å². The van der Waals surface area contributed by atoms with Crippen molar-refractivity contribution in [3.8, 4) is 0 Å². The summed E-state index contributed by atoms with van der Waals surface area (Å²) in [6, 6.07) is 2.92. The topological polar surface area (TPSA) is 88.8 Å². The average Bonchev–Trinajstić information content (AvgIpc) is 2.86. The van der Waals surface area contributed by atoms with E-state index in [-0.39, 0.29) is 24.1 Å². The highest BCUT2D eigenvalue weighted by atomic mass is 16.5. The first-order chi connectivity index (χ1) is 8.66. The third-order valence-corrected chi connectivity index (χ3v) is 2.90. The molecule has 1 aliphatic heterocycles. The van der Waals surface area contributed by atoms with E-state index in [1.165, 1.54) is 6.07 Å². The predicted molar refractivity (Wildman–Crippen MR) is 61.1 cm³/mol. The van der Waals surface area contributed by atoms with Crippen LogP contribution in [0.3, 0.4) is 0 Å². The van der Waals surface area contributed by atoms with Gasteiger partial charge < -0.3 is 19.6 Å². The van der Waals surface area contributed by atoms with E-state index in [1.54, 1.807) is 6.07 Å². The number of amides is 1. The van der Waals surface area contributed by atoms with E-state index < -0.39 is 5.97 Å². The lowest BCUT2D eigenvalue weighted by atomic mass is 9.99. The minimum absolute atomic E-state index is 0.0207. The van der Waals surface area contributed by atoms with Gasteiger partial charge in [0, 0.05) is 19.1 Å². The Bertz CT molecular complexity index is 433. The molecule has 0 aliphatic carbocycles. The zero-order valence-corrected chi connectivity index (χ0v) is 9.85. The molecule has 18 heavy (non-hydrogen) atoms. The number of nitrogens with one attached hydrogen (secondary N) is 1. The number of hydrogen-bond donors (Lipinski definition) is 2. The van der Waals surface area contributed by atoms with Crippen LogP contribution in [0, 0.1) is 5.92 Å². The zero-order chi connectivity index (χ0) is 13.0. The Hall–Kier alpha value is -1.82. The number of carboxylic acid groups (broad SMARTS) is 1. The van der Waals surface area contributed by atoms with Crippen LogP contribution in [0.25, 0.3) is 0 Å². The van der Waals surface area contributed by atoms with E-state index >= 15 is 0 Å². The second-order valence-corrected chi connectivity index (χ2v) is 4.18. The van der Waals surface area contributed by atoms with Crippen molar-refractivity contribution in [2.45, 2.75) is 19.4 Å². The Morgan fingerprint density at radius 3 is 2.67 bits per heavy atom. The SMILES string of the molecule is O=C(O)c1ccc(CNC(=O)C2CCOCC2)o1. The fraction of sp³-hybridized carbons (Fsp3) is 0.500. The molecule has 6 nitrogen and oxygen atoms in total. The Morgan fingerprint density at radius 1 is 1.33 bits per heavy atom. The Kier molecular flexibility index (Phi) is 3.99. The van der Waals surface area contributed by atoms with Crippen molar-refractivity contribution < 1.29 is 23.8 Å². The van der Waals surface area contributed by atoms with Crippen molar-refractivity contribution in [1.82, 2.24) is 5.32 Å². The summed E-state index contributed by atoms with van der Waals surface area (Å²) < 4.78 is 10.2. The van der Waals surface area contributed by atoms with Crippen LogP contribution in [0.4, 0.5) is 0 Å². The van der Waals surface area contributed by atoms with Crippen molar-refractivity contribution in [1.29, 1.82) is 0 Å². The van der Waals surface area contributed by atoms with Gasteiger partial charge in [-0.2, -0.15) is 0 Å². The molecule has 1 aromatic heterocycles. The average molecular weight is 253 g/mol. The number of carbonyl (C=O) groups is 2. The van der Waals surface area contributed by atoms with E-state index in [4.69, 9.17) is 14.3 Å². The molecule has 2 rings (SSSR count). The number of carboxylic acids is 1. The van der Waals surface area contributed by atoms with Crippen molar-refractivity contribution >= 4 is 11.9 Å². The van der Waals surface area contributed by atoms with E-state index in [9.17, 15) is 9.59 Å². The van der Waals surface area contributed by atoms with Gasteiger partial charge in [-0.05, 0) is 25.0 Å². The molecular formula is C12H15NO5. The summed E-state index contributed by atoms with van der Waals surface area (Å²) in [6.45, 7) is 1.44. The van der Waals surface area contributed by atoms with Gasteiger partial charge in [0.15, 0.2) is 0 Å². The third kappa shape index (κ3) is 3.10. The fourth-order valence-electron chi connectivity index (χ4n) is 1.87. The lowest BCUT2D eigenvalue weighted by molar-refractivity contribution is -0.128. The second-order valence-electron chi connectivity index (χ2n) is 4.18. The molecule has 0 radical (unpaired) electrons. The standard InChI is InChI=1S/C12H15NO5/c14-11(8-3-5-17-6-4-8)13-7-9-1-2-10(18-9)12(15)16/h1-2,8H,3-7H2,(H,13,14)(H,15,16). The van der Waals surface area contributed by atoms with Crippen molar-refractivity contribution in [2.24, 2.45) is 5.92 Å². The summed E-state index contributed by atoms with van der Waals surface area (Å²) in [6.07, 6.45) is 1.45. The van der Waals surface area contributed by atoms with Gasteiger partial charge in [0.05, 0.1) is 6.54 Å². The Balaban J connectivity index is 1.82. The molecule has 98 valence electrons. The van der Waals surface area contributed by atoms with E-state index in [1.807, 2.05) is 0 Å². The smallest absolute Gasteiger partial charge is 0.371 e. The minimum atomic E-state index is -1.11. The summed E-state index contributed by atoms with van der Waals surface area (Å²) in [7, 11) is 0. The Morgan fingerprint density at radius 2 is 2.06 bits per heavy atom. The first-order valence-corrected chi connectivity index (χ1v) is 5.84. The Labute approximate surface area is 104 Å². The second kappa shape index (κ2) is 5.68. The molecule has 1 amide bonds. The van der Waals surface area contributed by atoms with Gasteiger partial charge in [-0.1, -0.05) is 0 Å². The summed E-state index contributed by atoms with van der Waals surface area (Å²) in [4.78, 5) is 22.4. The minimum Gasteiger partial charge on any atom is -0.475 e. The molecule has 6 heteroatoms. The van der Waals surface area contributed by atoms with E-state index in [0.29, 0.717) is 19.0 Å². The van der Waals surface area contributed by atoms with Gasteiger partial charge in [-0.25, -0.2) is 4.79 Å². The number of ether oxygens (including phenoxy) is 1. The lowest BCUT2D eigenvalue weighted by Crippen LogP contribution is -2.33. The van der Waals surface area contributed by atoms with Crippen LogP contribution >= 0.6 is 0 Å². The molecule has 2 N–H and O–H groups in total. The summed E-state index contributed by atoms with van der Waals surface area (Å²) in [5.41, 5.74) is 0. The molecule has 0 atom stereocenters. The summed E-state index contributed by atoms with van der Waals surface area (Å²) >= 11 is 0. The normalized spacial score (nSPS) is 16.4. The number of furan rings is 1. The van der Waals surface area contributed by atoms with Crippen LogP contribution in [0.5, 0.6) is 0 Å². The van der Waals surface area contributed by atoms with Gasteiger partial charge in [0.25, 0.3) is 0 Å². The fourth-order valence-corrected chi connectivity index (χ4v) is 1.87. The molecule has 1 aliphatic rings. The summed E-state index contributed by atoms with van der Waals surface area (Å²) in [5, 5.41) is 11.4. The van der Waals surface area contributed by atoms with Gasteiger partial charge in [-0.15, -0.1) is 0 Å². The van der Waals surface area contributed by atoms with Crippen LogP contribution in [0.2, 0.25) is 0 Å². The molecule has 1 aromatic rings. The third-order valence-electron chi connectivity index (χ3n) is 2.90. The molecular weight excluding hydrogens is 238 g/mol. The molecule has 1 fully saturated rings. The number of carbonyl (C=O) groups excluding carboxylic acids is 1. The van der Waals surface area contributed by atoms with Crippen LogP contribution in [-0.2, 0) is 16.1 Å². The van der Waals surface area contributed by atoms with E-state index in [0.717, 1.165) is 12.8 Å². The predicted octanol–water partition coefficient (Wildman–Crippen LogP) is 1.02. The van der Waals surface area contributed by atoms with Crippen LogP contribution in [-0.4, -0.2) is 30.2 Å². The first kappa shape index (κ1) is 12.6. The van der Waals surface area contributed by atoms with Crippen LogP contribution in [0.15, 0.2) is 16.5 Å². The maximum atomic E-state index is 11.8. The quantitative estimate of drug-likeness (QED) is 0.836. The molecule has 2 heterocycles. The number of aromatic carboxylic acids is 1. The largest absolute Gasteiger partial charge is 0.475 e. The van der Waals surface area contributed by atoms with E-state index in [2.05, 4.69) is 5.32 Å². The maximum absolute atomic E-state index is 11.8. The van der Waals surface area contributed by atoms with Gasteiger partial charge in [-0.3, -0.25) is 4.79 Å². The zero-order valence-electron chi connectivity index (χ0n) is 9.85. The molecule has 0 saturated carbocycles. The van der Waals surface area contributed by atoms with Crippen LogP contribution in [0.1, 0.15) is 29.2 Å². The molecule has 0 unspecified atom stereocenters. The lowest BCUT2D eigenvalue weighted by Gasteiger charge is -2.20. The number of hydrogen-bond acceptors (Lipinski definition) is 4. The molecule has 0 aromatic carbocycles. The monoisotopic (exact) mass is 253 g/mol. The number of rotatable bonds is 4. The van der Waals surface area contributed by atoms with Crippen LogP contribution < -0.4 is 5.32 Å². The van der Waals surface area contributed by atoms with Crippen molar-refractivity contribution in [2.75, 3.05) is 13.2 Å². The molecule has 1 saturated heterocycles. The highest BCUT2D eigenvalue weighted by Crippen LogP contribution is 2.15. The van der Waals surface area contributed by atoms with Gasteiger partial charge in [0.2, 0.25) is 11.7 Å². The van der Waals surface area contributed by atoms with Gasteiger partial charge >= 0.3 is 5.97 Å². The molecule has 0 bridgehead atoms. The highest BCUT2D eigenvalue weighted by molar-refractivity contribution is 5.84. The molecule has 0 spiro atoms. The van der Waals surface area contributed by atoms with Gasteiger partial charge in [0.1, 0.15) is 5.76 Å². The van der Waals surface area contributed by atoms with Crippen molar-refractivity contribution in [3.63, 3.8) is 0 Å². The summed E-state index contributed by atoms with van der Waals surface area (Å²) in [5.74, 6) is -0.852. The maximum Gasteiger partial charge on any atom is 0.371 e. The first-order valence-electron chi connectivity index (χ1n) is 5.84.